The van der Waals surface area contributed by atoms with Crippen LogP contribution in [0.25, 0.3) is 0 Å². The fraction of sp³-hybridized carbons (Fsp3) is 0.444. The molecule has 15 heavy (non-hydrogen) atoms. The summed E-state index contributed by atoms with van der Waals surface area (Å²) in [5.74, 6) is 0.432. The van der Waals surface area contributed by atoms with Crippen LogP contribution in [0, 0.1) is 0 Å². The van der Waals surface area contributed by atoms with Gasteiger partial charge in [-0.25, -0.2) is 9.78 Å². The second-order valence-corrected chi connectivity index (χ2v) is 2.82. The van der Waals surface area contributed by atoms with E-state index in [1.54, 1.807) is 13.3 Å². The Balaban J connectivity index is 2.19. The number of nitrogens with one attached hydrogen (secondary N) is 2. The van der Waals surface area contributed by atoms with Crippen molar-refractivity contribution in [1.29, 1.82) is 0 Å². The molecular weight excluding hydrogens is 196 g/mol. The van der Waals surface area contributed by atoms with E-state index in [1.807, 2.05) is 0 Å². The summed E-state index contributed by atoms with van der Waals surface area (Å²) in [7, 11) is 1.62. The standard InChI is InChI=1S/C9H14N4O2/c1-15-6-2-3-12-9(14)13-8-7-10-4-5-11-8/h4-5,7H,2-3,6H2,1H3,(H2,11,12,13,14). The number of carbonyl (C=O) groups is 1. The Kier molecular flexibility index (Phi) is 5.10. The summed E-state index contributed by atoms with van der Waals surface area (Å²) in [5, 5.41) is 5.22. The zero-order valence-corrected chi connectivity index (χ0v) is 8.56. The largest absolute Gasteiger partial charge is 0.385 e. The molecule has 0 saturated heterocycles. The van der Waals surface area contributed by atoms with Gasteiger partial charge in [0.1, 0.15) is 0 Å². The molecule has 2 amide bonds. The van der Waals surface area contributed by atoms with Gasteiger partial charge in [-0.1, -0.05) is 0 Å². The number of aromatic nitrogens is 2. The van der Waals surface area contributed by atoms with Gasteiger partial charge >= 0.3 is 6.03 Å². The first-order valence-electron chi connectivity index (χ1n) is 4.62. The van der Waals surface area contributed by atoms with Gasteiger partial charge in [-0.3, -0.25) is 10.3 Å². The molecule has 0 radical (unpaired) electrons. The molecule has 0 bridgehead atoms. The van der Waals surface area contributed by atoms with Crippen molar-refractivity contribution < 1.29 is 9.53 Å². The predicted molar refractivity (Wildman–Crippen MR) is 55.5 cm³/mol. The zero-order valence-electron chi connectivity index (χ0n) is 8.56. The molecule has 0 aromatic carbocycles. The van der Waals surface area contributed by atoms with E-state index in [4.69, 9.17) is 4.74 Å². The maximum Gasteiger partial charge on any atom is 0.320 e. The predicted octanol–water partition coefficient (Wildman–Crippen LogP) is 0.635. The number of nitrogens with zero attached hydrogens (tertiary/aromatic N) is 2. The molecule has 1 heterocycles. The lowest BCUT2D eigenvalue weighted by molar-refractivity contribution is 0.194. The topological polar surface area (TPSA) is 76.1 Å². The van der Waals surface area contributed by atoms with Crippen molar-refractivity contribution in [2.24, 2.45) is 0 Å². The first-order chi connectivity index (χ1) is 7.33. The number of methoxy groups -OCH3 is 1. The minimum absolute atomic E-state index is 0.286. The van der Waals surface area contributed by atoms with Gasteiger partial charge in [0.05, 0.1) is 6.20 Å². The van der Waals surface area contributed by atoms with E-state index in [2.05, 4.69) is 20.6 Å². The van der Waals surface area contributed by atoms with Crippen LogP contribution in [0.2, 0.25) is 0 Å². The van der Waals surface area contributed by atoms with Crippen LogP contribution in [-0.4, -0.2) is 36.3 Å². The molecule has 0 aliphatic heterocycles. The summed E-state index contributed by atoms with van der Waals surface area (Å²) in [6.07, 6.45) is 5.32. The molecule has 0 spiro atoms. The van der Waals surface area contributed by atoms with Gasteiger partial charge in [0, 0.05) is 32.7 Å². The fourth-order valence-corrected chi connectivity index (χ4v) is 0.943. The molecule has 0 unspecified atom stereocenters. The Hall–Kier alpha value is -1.69. The maximum atomic E-state index is 11.2. The number of hydrogen-bond acceptors (Lipinski definition) is 4. The highest BCUT2D eigenvalue weighted by Gasteiger charge is 2.00. The third-order valence-corrected chi connectivity index (χ3v) is 1.62. The molecule has 0 atom stereocenters. The lowest BCUT2D eigenvalue weighted by atomic mass is 10.4. The van der Waals surface area contributed by atoms with E-state index in [9.17, 15) is 4.79 Å². The molecule has 0 fully saturated rings. The Morgan fingerprint density at radius 3 is 3.07 bits per heavy atom. The number of amides is 2. The molecule has 82 valence electrons. The number of urea groups is 1. The van der Waals surface area contributed by atoms with Crippen LogP contribution in [0.5, 0.6) is 0 Å². The number of ether oxygens (including phenoxy) is 1. The second-order valence-electron chi connectivity index (χ2n) is 2.82. The van der Waals surface area contributed by atoms with Gasteiger partial charge in [0.25, 0.3) is 0 Å². The van der Waals surface area contributed by atoms with Crippen molar-refractivity contribution in [2.45, 2.75) is 6.42 Å². The van der Waals surface area contributed by atoms with Crippen molar-refractivity contribution in [3.05, 3.63) is 18.6 Å². The highest BCUT2D eigenvalue weighted by Crippen LogP contribution is 1.95. The lowest BCUT2D eigenvalue weighted by Crippen LogP contribution is -2.30. The highest BCUT2D eigenvalue weighted by atomic mass is 16.5. The molecule has 6 heteroatoms. The van der Waals surface area contributed by atoms with Crippen molar-refractivity contribution in [1.82, 2.24) is 15.3 Å². The van der Waals surface area contributed by atoms with E-state index in [0.717, 1.165) is 6.42 Å². The Labute approximate surface area is 88.1 Å². The summed E-state index contributed by atoms with van der Waals surface area (Å²) >= 11 is 0. The van der Waals surface area contributed by atoms with Crippen LogP contribution >= 0.6 is 0 Å². The Morgan fingerprint density at radius 2 is 2.40 bits per heavy atom. The van der Waals surface area contributed by atoms with Crippen LogP contribution in [-0.2, 0) is 4.74 Å². The molecule has 1 aromatic heterocycles. The third-order valence-electron chi connectivity index (χ3n) is 1.62. The summed E-state index contributed by atoms with van der Waals surface area (Å²) in [4.78, 5) is 19.0. The monoisotopic (exact) mass is 210 g/mol. The van der Waals surface area contributed by atoms with Crippen molar-refractivity contribution >= 4 is 11.8 Å². The van der Waals surface area contributed by atoms with E-state index in [0.29, 0.717) is 19.0 Å². The molecule has 2 N–H and O–H groups in total. The number of anilines is 1. The van der Waals surface area contributed by atoms with Crippen molar-refractivity contribution in [3.8, 4) is 0 Å². The molecule has 1 rings (SSSR count). The van der Waals surface area contributed by atoms with E-state index >= 15 is 0 Å². The minimum atomic E-state index is -0.286. The quantitative estimate of drug-likeness (QED) is 0.699. The van der Waals surface area contributed by atoms with Gasteiger partial charge in [0.2, 0.25) is 0 Å². The van der Waals surface area contributed by atoms with Crippen molar-refractivity contribution in [3.63, 3.8) is 0 Å². The summed E-state index contributed by atoms with van der Waals surface area (Å²) < 4.78 is 4.85. The Bertz CT molecular complexity index is 291. The SMILES string of the molecule is COCCCNC(=O)Nc1cnccn1. The summed E-state index contributed by atoms with van der Waals surface area (Å²) in [5.41, 5.74) is 0. The lowest BCUT2D eigenvalue weighted by Gasteiger charge is -2.05. The van der Waals surface area contributed by atoms with E-state index in [-0.39, 0.29) is 6.03 Å². The molecule has 6 nitrogen and oxygen atoms in total. The number of rotatable bonds is 5. The first kappa shape index (κ1) is 11.4. The second kappa shape index (κ2) is 6.72. The summed E-state index contributed by atoms with van der Waals surface area (Å²) in [6, 6.07) is -0.286. The van der Waals surface area contributed by atoms with E-state index < -0.39 is 0 Å². The minimum Gasteiger partial charge on any atom is -0.385 e. The molecule has 1 aromatic rings. The smallest absolute Gasteiger partial charge is 0.320 e. The highest BCUT2D eigenvalue weighted by molar-refractivity contribution is 5.87. The van der Waals surface area contributed by atoms with Crippen LogP contribution in [0.15, 0.2) is 18.6 Å². The van der Waals surface area contributed by atoms with Crippen LogP contribution in [0.1, 0.15) is 6.42 Å². The normalized spacial score (nSPS) is 9.67. The van der Waals surface area contributed by atoms with Gasteiger partial charge in [0.15, 0.2) is 5.82 Å². The summed E-state index contributed by atoms with van der Waals surface area (Å²) in [6.45, 7) is 1.20. The fourth-order valence-electron chi connectivity index (χ4n) is 0.943. The van der Waals surface area contributed by atoms with Gasteiger partial charge in [-0.05, 0) is 6.42 Å². The number of hydrogen-bond donors (Lipinski definition) is 2. The van der Waals surface area contributed by atoms with Gasteiger partial charge in [-0.2, -0.15) is 0 Å². The van der Waals surface area contributed by atoms with Gasteiger partial charge in [-0.15, -0.1) is 0 Å². The van der Waals surface area contributed by atoms with Gasteiger partial charge < -0.3 is 10.1 Å². The van der Waals surface area contributed by atoms with Crippen LogP contribution in [0.3, 0.4) is 0 Å². The van der Waals surface area contributed by atoms with E-state index in [1.165, 1.54) is 12.4 Å². The zero-order chi connectivity index (χ0) is 10.9. The first-order valence-corrected chi connectivity index (χ1v) is 4.62. The average Bonchev–Trinajstić information content (AvgIpc) is 2.26. The molecule has 0 saturated carbocycles. The maximum absolute atomic E-state index is 11.2. The molecule has 0 aliphatic carbocycles. The molecule has 0 aliphatic rings. The Morgan fingerprint density at radius 1 is 1.53 bits per heavy atom. The third kappa shape index (κ3) is 4.92. The van der Waals surface area contributed by atoms with Crippen LogP contribution in [0.4, 0.5) is 10.6 Å². The van der Waals surface area contributed by atoms with Crippen molar-refractivity contribution in [2.75, 3.05) is 25.6 Å². The number of carbonyl (C=O) groups excluding carboxylic acids is 1. The average molecular weight is 210 g/mol. The van der Waals surface area contributed by atoms with Crippen LogP contribution < -0.4 is 10.6 Å². The molecular formula is C9H14N4O2.